The molecule has 0 radical (unpaired) electrons. The van der Waals surface area contributed by atoms with Crippen molar-refractivity contribution in [2.75, 3.05) is 32.7 Å². The van der Waals surface area contributed by atoms with Gasteiger partial charge in [0, 0.05) is 31.2 Å². The normalized spacial score (nSPS) is 17.1. The molecule has 0 aliphatic carbocycles. The lowest BCUT2D eigenvalue weighted by atomic mass is 10.1. The van der Waals surface area contributed by atoms with Gasteiger partial charge in [0.1, 0.15) is 0 Å². The van der Waals surface area contributed by atoms with Gasteiger partial charge in [-0.15, -0.1) is 0 Å². The lowest BCUT2D eigenvalue weighted by Gasteiger charge is -2.33. The van der Waals surface area contributed by atoms with Crippen LogP contribution < -0.4 is 5.32 Å². The van der Waals surface area contributed by atoms with E-state index in [0.29, 0.717) is 36.1 Å². The molecule has 1 fully saturated rings. The fraction of sp³-hybridized carbons (Fsp3) is 0.381. The van der Waals surface area contributed by atoms with Gasteiger partial charge in [-0.05, 0) is 37.6 Å². The van der Waals surface area contributed by atoms with Crippen molar-refractivity contribution in [1.29, 1.82) is 0 Å². The average molecular weight is 436 g/mol. The monoisotopic (exact) mass is 435 g/mol. The van der Waals surface area contributed by atoms with Gasteiger partial charge in [0.2, 0.25) is 15.9 Å². The first kappa shape index (κ1) is 21.8. The Morgan fingerprint density at radius 2 is 1.69 bits per heavy atom. The van der Waals surface area contributed by atoms with Crippen LogP contribution >= 0.6 is 11.6 Å². The number of carbonyl (C=O) groups is 1. The van der Waals surface area contributed by atoms with Crippen LogP contribution in [0.1, 0.15) is 24.1 Å². The van der Waals surface area contributed by atoms with Gasteiger partial charge in [-0.1, -0.05) is 47.5 Å². The minimum Gasteiger partial charge on any atom is -0.348 e. The third-order valence-corrected chi connectivity index (χ3v) is 7.36. The molecular weight excluding hydrogens is 410 g/mol. The maximum Gasteiger partial charge on any atom is 0.243 e. The van der Waals surface area contributed by atoms with Crippen molar-refractivity contribution in [2.45, 2.75) is 24.8 Å². The van der Waals surface area contributed by atoms with E-state index in [1.165, 1.54) is 4.31 Å². The number of benzene rings is 2. The second-order valence-corrected chi connectivity index (χ2v) is 9.65. The summed E-state index contributed by atoms with van der Waals surface area (Å²) in [5.41, 5.74) is 1.89. The van der Waals surface area contributed by atoms with Crippen LogP contribution in [0.5, 0.6) is 0 Å². The molecule has 156 valence electrons. The molecule has 1 amide bonds. The molecule has 0 spiro atoms. The first-order chi connectivity index (χ1) is 13.8. The Morgan fingerprint density at radius 3 is 2.31 bits per heavy atom. The van der Waals surface area contributed by atoms with Crippen LogP contribution in [0.2, 0.25) is 5.02 Å². The fourth-order valence-electron chi connectivity index (χ4n) is 3.38. The zero-order chi connectivity index (χ0) is 21.0. The van der Waals surface area contributed by atoms with Crippen molar-refractivity contribution in [3.05, 3.63) is 64.7 Å². The SMILES string of the molecule is Cc1ccc(S(=O)(=O)N2CCN(CC(=O)NC(C)c3ccccc3Cl)CC2)cc1. The van der Waals surface area contributed by atoms with Crippen molar-refractivity contribution in [1.82, 2.24) is 14.5 Å². The smallest absolute Gasteiger partial charge is 0.243 e. The molecule has 8 heteroatoms. The Hall–Kier alpha value is -1.93. The fourth-order valence-corrected chi connectivity index (χ4v) is 5.10. The molecule has 0 bridgehead atoms. The van der Waals surface area contributed by atoms with Gasteiger partial charge in [-0.2, -0.15) is 4.31 Å². The Bertz CT molecular complexity index is 955. The topological polar surface area (TPSA) is 69.7 Å². The van der Waals surface area contributed by atoms with E-state index in [9.17, 15) is 13.2 Å². The summed E-state index contributed by atoms with van der Waals surface area (Å²) < 4.78 is 27.0. The molecule has 1 unspecified atom stereocenters. The molecule has 1 atom stereocenters. The second kappa shape index (κ2) is 9.26. The third kappa shape index (κ3) is 5.36. The first-order valence-electron chi connectivity index (χ1n) is 9.60. The molecule has 2 aromatic carbocycles. The number of sulfonamides is 1. The van der Waals surface area contributed by atoms with Gasteiger partial charge in [0.25, 0.3) is 0 Å². The van der Waals surface area contributed by atoms with E-state index < -0.39 is 10.0 Å². The molecule has 0 saturated carbocycles. The van der Waals surface area contributed by atoms with E-state index in [1.807, 2.05) is 36.9 Å². The Kier molecular flexibility index (Phi) is 6.95. The number of piperazine rings is 1. The summed E-state index contributed by atoms with van der Waals surface area (Å²) in [7, 11) is -3.50. The number of hydrogen-bond donors (Lipinski definition) is 1. The highest BCUT2D eigenvalue weighted by molar-refractivity contribution is 7.89. The van der Waals surface area contributed by atoms with E-state index in [4.69, 9.17) is 11.6 Å². The average Bonchev–Trinajstić information content (AvgIpc) is 2.69. The van der Waals surface area contributed by atoms with Gasteiger partial charge in [-0.3, -0.25) is 9.69 Å². The highest BCUT2D eigenvalue weighted by Crippen LogP contribution is 2.22. The molecule has 1 saturated heterocycles. The standard InChI is InChI=1S/C21H26ClN3O3S/c1-16-7-9-18(10-8-16)29(27,28)25-13-11-24(12-14-25)15-21(26)23-17(2)19-5-3-4-6-20(19)22/h3-10,17H,11-15H2,1-2H3,(H,23,26). The lowest BCUT2D eigenvalue weighted by Crippen LogP contribution is -2.51. The van der Waals surface area contributed by atoms with Crippen LogP contribution in [0.3, 0.4) is 0 Å². The molecular formula is C21H26ClN3O3S. The first-order valence-corrected chi connectivity index (χ1v) is 11.4. The molecule has 2 aromatic rings. The van der Waals surface area contributed by atoms with Crippen molar-refractivity contribution in [2.24, 2.45) is 0 Å². The largest absolute Gasteiger partial charge is 0.348 e. The minimum atomic E-state index is -3.50. The molecule has 1 N–H and O–H groups in total. The van der Waals surface area contributed by atoms with E-state index in [1.54, 1.807) is 30.3 Å². The maximum atomic E-state index is 12.8. The second-order valence-electron chi connectivity index (χ2n) is 7.30. The summed E-state index contributed by atoms with van der Waals surface area (Å²) in [6, 6.07) is 14.1. The van der Waals surface area contributed by atoms with Crippen LogP contribution in [0, 0.1) is 6.92 Å². The number of aryl methyl sites for hydroxylation is 1. The molecule has 6 nitrogen and oxygen atoms in total. The number of nitrogens with zero attached hydrogens (tertiary/aromatic N) is 2. The number of rotatable bonds is 6. The Labute approximate surface area is 177 Å². The van der Waals surface area contributed by atoms with E-state index in [2.05, 4.69) is 5.32 Å². The summed E-state index contributed by atoms with van der Waals surface area (Å²) in [5.74, 6) is -0.104. The van der Waals surface area contributed by atoms with Crippen LogP contribution in [0.25, 0.3) is 0 Å². The van der Waals surface area contributed by atoms with Crippen LogP contribution in [-0.4, -0.2) is 56.3 Å². The van der Waals surface area contributed by atoms with Gasteiger partial charge in [0.05, 0.1) is 17.5 Å². The Morgan fingerprint density at radius 1 is 1.07 bits per heavy atom. The quantitative estimate of drug-likeness (QED) is 0.757. The molecule has 1 heterocycles. The maximum absolute atomic E-state index is 12.8. The Balaban J connectivity index is 1.52. The molecule has 1 aliphatic heterocycles. The lowest BCUT2D eigenvalue weighted by molar-refractivity contribution is -0.123. The predicted octanol–water partition coefficient (Wildman–Crippen LogP) is 2.83. The summed E-state index contributed by atoms with van der Waals surface area (Å²) in [4.78, 5) is 14.7. The van der Waals surface area contributed by atoms with Crippen molar-refractivity contribution in [3.63, 3.8) is 0 Å². The van der Waals surface area contributed by atoms with Gasteiger partial charge in [0.15, 0.2) is 0 Å². The van der Waals surface area contributed by atoms with Gasteiger partial charge in [-0.25, -0.2) is 8.42 Å². The van der Waals surface area contributed by atoms with Crippen molar-refractivity contribution in [3.8, 4) is 0 Å². The minimum absolute atomic E-state index is 0.104. The number of carbonyl (C=O) groups excluding carboxylic acids is 1. The molecule has 3 rings (SSSR count). The molecule has 29 heavy (non-hydrogen) atoms. The number of hydrogen-bond acceptors (Lipinski definition) is 4. The van der Waals surface area contributed by atoms with Gasteiger partial charge >= 0.3 is 0 Å². The highest BCUT2D eigenvalue weighted by atomic mass is 35.5. The number of halogens is 1. The van der Waals surface area contributed by atoms with Crippen molar-refractivity contribution >= 4 is 27.5 Å². The summed E-state index contributed by atoms with van der Waals surface area (Å²) in [6.07, 6.45) is 0. The van der Waals surface area contributed by atoms with E-state index >= 15 is 0 Å². The zero-order valence-electron chi connectivity index (χ0n) is 16.6. The van der Waals surface area contributed by atoms with E-state index in [-0.39, 0.29) is 18.5 Å². The molecule has 0 aromatic heterocycles. The van der Waals surface area contributed by atoms with Crippen LogP contribution in [-0.2, 0) is 14.8 Å². The number of nitrogens with one attached hydrogen (secondary N) is 1. The summed E-state index contributed by atoms with van der Waals surface area (Å²) in [6.45, 7) is 5.80. The van der Waals surface area contributed by atoms with Crippen LogP contribution in [0.4, 0.5) is 0 Å². The summed E-state index contributed by atoms with van der Waals surface area (Å²) >= 11 is 6.19. The summed E-state index contributed by atoms with van der Waals surface area (Å²) in [5, 5.41) is 3.58. The van der Waals surface area contributed by atoms with Gasteiger partial charge < -0.3 is 5.32 Å². The number of amides is 1. The molecule has 1 aliphatic rings. The predicted molar refractivity (Wildman–Crippen MR) is 114 cm³/mol. The van der Waals surface area contributed by atoms with Crippen LogP contribution in [0.15, 0.2) is 53.4 Å². The van der Waals surface area contributed by atoms with E-state index in [0.717, 1.165) is 11.1 Å². The van der Waals surface area contributed by atoms with Crippen molar-refractivity contribution < 1.29 is 13.2 Å². The highest BCUT2D eigenvalue weighted by Gasteiger charge is 2.29. The zero-order valence-corrected chi connectivity index (χ0v) is 18.2. The third-order valence-electron chi connectivity index (χ3n) is 5.11.